The third-order valence-corrected chi connectivity index (χ3v) is 12.5. The van der Waals surface area contributed by atoms with Crippen LogP contribution in [0.4, 0.5) is 0 Å². The molecule has 0 aliphatic heterocycles. The SMILES string of the molecule is COC(=O)/C=C/[C@@H](OCc1ccccc1)[C@H](C)OC(=O)/C=C/[C@@H](OCc1ccccc1)[C@H](C)OC(=O)C[C@H](C)O[Si](C)(C)C(C)(C)C. The summed E-state index contributed by atoms with van der Waals surface area (Å²) in [6, 6.07) is 19.1. The number of rotatable bonds is 18. The van der Waals surface area contributed by atoms with Crippen molar-refractivity contribution in [2.45, 2.75) is 110 Å². The van der Waals surface area contributed by atoms with Gasteiger partial charge in [-0.1, -0.05) is 81.4 Å². The number of hydrogen-bond acceptors (Lipinski definition) is 9. The Hall–Kier alpha value is -3.57. The zero-order valence-corrected chi connectivity index (χ0v) is 30.3. The van der Waals surface area contributed by atoms with E-state index < -0.39 is 50.6 Å². The molecule has 2 aromatic rings. The second-order valence-corrected chi connectivity index (χ2v) is 17.8. The summed E-state index contributed by atoms with van der Waals surface area (Å²) in [5.41, 5.74) is 1.85. The highest BCUT2D eigenvalue weighted by atomic mass is 28.4. The molecule has 5 atom stereocenters. The molecule has 2 aromatic carbocycles. The Morgan fingerprint density at radius 3 is 1.62 bits per heavy atom. The van der Waals surface area contributed by atoms with Crippen molar-refractivity contribution in [1.29, 1.82) is 0 Å². The molecule has 0 saturated heterocycles. The molecule has 0 fully saturated rings. The van der Waals surface area contributed by atoms with E-state index in [1.807, 2.05) is 67.6 Å². The van der Waals surface area contributed by atoms with E-state index in [9.17, 15) is 14.4 Å². The van der Waals surface area contributed by atoms with Gasteiger partial charge in [-0.3, -0.25) is 4.79 Å². The average Bonchev–Trinajstić information content (AvgIpc) is 3.00. The van der Waals surface area contributed by atoms with Gasteiger partial charge in [0.1, 0.15) is 24.4 Å². The fourth-order valence-corrected chi connectivity index (χ4v) is 5.65. The predicted molar refractivity (Wildman–Crippen MR) is 184 cm³/mol. The number of esters is 3. The summed E-state index contributed by atoms with van der Waals surface area (Å²) in [6.07, 6.45) is 2.35. The lowest BCUT2D eigenvalue weighted by molar-refractivity contribution is -0.156. The van der Waals surface area contributed by atoms with Crippen LogP contribution in [0.1, 0.15) is 59.1 Å². The highest BCUT2D eigenvalue weighted by molar-refractivity contribution is 6.74. The molecule has 0 unspecified atom stereocenters. The Bertz CT molecular complexity index is 1300. The van der Waals surface area contributed by atoms with Crippen LogP contribution < -0.4 is 0 Å². The van der Waals surface area contributed by atoms with Crippen LogP contribution in [0, 0.1) is 0 Å². The minimum absolute atomic E-state index is 0.0113. The van der Waals surface area contributed by atoms with Crippen LogP contribution in [0.3, 0.4) is 0 Å². The first kappa shape index (κ1) is 39.6. The molecule has 0 spiro atoms. The van der Waals surface area contributed by atoms with Gasteiger partial charge in [0, 0.05) is 12.2 Å². The Labute approximate surface area is 281 Å². The Morgan fingerprint density at radius 1 is 0.723 bits per heavy atom. The summed E-state index contributed by atoms with van der Waals surface area (Å²) in [6.45, 7) is 16.5. The number of carbonyl (C=O) groups is 3. The molecule has 0 saturated carbocycles. The summed E-state index contributed by atoms with van der Waals surface area (Å²) < 4.78 is 34.5. The highest BCUT2D eigenvalue weighted by Gasteiger charge is 2.39. The van der Waals surface area contributed by atoms with Gasteiger partial charge < -0.3 is 28.1 Å². The van der Waals surface area contributed by atoms with E-state index in [0.717, 1.165) is 11.1 Å². The first-order valence-electron chi connectivity index (χ1n) is 15.9. The standard InChI is InChI=1S/C37H52O9Si/c1-27(46-47(8,9)37(4,5)6)24-36(40)45-29(3)33(43-26-31-18-14-11-15-19-31)21-23-35(39)44-28(2)32(20-22-34(38)41-7)42-25-30-16-12-10-13-17-30/h10-23,27-29,32-33H,24-26H2,1-9H3/b22-20+,23-21+/t27-,28-,29-,32+,33+/m0/s1. The first-order valence-corrected chi connectivity index (χ1v) is 18.9. The van der Waals surface area contributed by atoms with E-state index in [4.69, 9.17) is 28.1 Å². The third-order valence-electron chi connectivity index (χ3n) is 7.92. The molecule has 0 heterocycles. The maximum absolute atomic E-state index is 13.0. The fraction of sp³-hybridized carbons (Fsp3) is 0.486. The summed E-state index contributed by atoms with van der Waals surface area (Å²) >= 11 is 0. The van der Waals surface area contributed by atoms with Gasteiger partial charge in [0.25, 0.3) is 0 Å². The van der Waals surface area contributed by atoms with Crippen molar-refractivity contribution in [3.63, 3.8) is 0 Å². The lowest BCUT2D eigenvalue weighted by Gasteiger charge is -2.38. The molecule has 0 bridgehead atoms. The van der Waals surface area contributed by atoms with Crippen LogP contribution >= 0.6 is 0 Å². The number of carbonyl (C=O) groups excluding carboxylic acids is 3. The lowest BCUT2D eigenvalue weighted by atomic mass is 10.2. The molecule has 10 heteroatoms. The van der Waals surface area contributed by atoms with E-state index in [-0.39, 0.29) is 30.8 Å². The minimum Gasteiger partial charge on any atom is -0.466 e. The largest absolute Gasteiger partial charge is 0.466 e. The van der Waals surface area contributed by atoms with Crippen molar-refractivity contribution >= 4 is 26.2 Å². The first-order chi connectivity index (χ1) is 22.1. The number of ether oxygens (including phenoxy) is 5. The maximum Gasteiger partial charge on any atom is 0.330 e. The van der Waals surface area contributed by atoms with Crippen molar-refractivity contribution in [3.05, 3.63) is 96.1 Å². The zero-order chi connectivity index (χ0) is 35.0. The highest BCUT2D eigenvalue weighted by Crippen LogP contribution is 2.37. The summed E-state index contributed by atoms with van der Waals surface area (Å²) in [5, 5.41) is 0.0113. The van der Waals surface area contributed by atoms with Crippen molar-refractivity contribution < 1.29 is 42.5 Å². The van der Waals surface area contributed by atoms with Crippen LogP contribution in [-0.2, 0) is 55.7 Å². The van der Waals surface area contributed by atoms with Crippen LogP contribution in [0.2, 0.25) is 18.1 Å². The van der Waals surface area contributed by atoms with Crippen LogP contribution in [0.15, 0.2) is 85.0 Å². The van der Waals surface area contributed by atoms with Gasteiger partial charge in [-0.05, 0) is 62.2 Å². The summed E-state index contributed by atoms with van der Waals surface area (Å²) in [7, 11) is -0.784. The molecular formula is C37H52O9Si. The van der Waals surface area contributed by atoms with E-state index >= 15 is 0 Å². The van der Waals surface area contributed by atoms with Crippen molar-refractivity contribution in [1.82, 2.24) is 0 Å². The second-order valence-electron chi connectivity index (χ2n) is 13.0. The van der Waals surface area contributed by atoms with Gasteiger partial charge >= 0.3 is 17.9 Å². The number of benzene rings is 2. The second kappa shape index (κ2) is 19.3. The summed E-state index contributed by atoms with van der Waals surface area (Å²) in [5.74, 6) is -1.63. The van der Waals surface area contributed by atoms with Gasteiger partial charge in [0.15, 0.2) is 8.32 Å². The minimum atomic E-state index is -2.06. The van der Waals surface area contributed by atoms with Gasteiger partial charge in [-0.15, -0.1) is 0 Å². The third kappa shape index (κ3) is 14.8. The fourth-order valence-electron chi connectivity index (χ4n) is 4.21. The molecule has 0 N–H and O–H groups in total. The smallest absolute Gasteiger partial charge is 0.330 e. The Morgan fingerprint density at radius 2 is 1.17 bits per heavy atom. The molecule has 258 valence electrons. The van der Waals surface area contributed by atoms with E-state index in [2.05, 4.69) is 33.9 Å². The quantitative estimate of drug-likeness (QED) is 0.0711. The summed E-state index contributed by atoms with van der Waals surface area (Å²) in [4.78, 5) is 37.6. The van der Waals surface area contributed by atoms with Crippen LogP contribution in [-0.4, -0.2) is 63.9 Å². The molecule has 0 aliphatic rings. The molecule has 9 nitrogen and oxygen atoms in total. The molecule has 2 rings (SSSR count). The van der Waals surface area contributed by atoms with Crippen LogP contribution in [0.5, 0.6) is 0 Å². The molecular weight excluding hydrogens is 616 g/mol. The number of hydrogen-bond donors (Lipinski definition) is 0. The molecule has 0 aliphatic carbocycles. The molecule has 0 amide bonds. The average molecular weight is 669 g/mol. The van der Waals surface area contributed by atoms with Gasteiger partial charge in [0.05, 0.1) is 32.8 Å². The van der Waals surface area contributed by atoms with Gasteiger partial charge in [-0.2, -0.15) is 0 Å². The molecule has 47 heavy (non-hydrogen) atoms. The van der Waals surface area contributed by atoms with Gasteiger partial charge in [-0.25, -0.2) is 9.59 Å². The predicted octanol–water partition coefficient (Wildman–Crippen LogP) is 7.11. The molecule has 0 aromatic heterocycles. The van der Waals surface area contributed by atoms with Gasteiger partial charge in [0.2, 0.25) is 0 Å². The van der Waals surface area contributed by atoms with E-state index in [0.29, 0.717) is 0 Å². The Balaban J connectivity index is 2.11. The lowest BCUT2D eigenvalue weighted by Crippen LogP contribution is -2.44. The monoisotopic (exact) mass is 668 g/mol. The van der Waals surface area contributed by atoms with Crippen molar-refractivity contribution in [2.75, 3.05) is 7.11 Å². The van der Waals surface area contributed by atoms with Crippen LogP contribution in [0.25, 0.3) is 0 Å². The van der Waals surface area contributed by atoms with Crippen molar-refractivity contribution in [2.24, 2.45) is 0 Å². The topological polar surface area (TPSA) is 107 Å². The Kier molecular flexibility index (Phi) is 16.3. The maximum atomic E-state index is 13.0. The molecule has 0 radical (unpaired) electrons. The van der Waals surface area contributed by atoms with E-state index in [1.54, 1.807) is 13.8 Å². The van der Waals surface area contributed by atoms with Crippen molar-refractivity contribution in [3.8, 4) is 0 Å². The normalized spacial score (nSPS) is 15.5. The number of methoxy groups -OCH3 is 1. The zero-order valence-electron chi connectivity index (χ0n) is 29.3. The van der Waals surface area contributed by atoms with E-state index in [1.165, 1.54) is 31.4 Å².